The van der Waals surface area contributed by atoms with E-state index in [1.807, 2.05) is 6.20 Å². The summed E-state index contributed by atoms with van der Waals surface area (Å²) in [4.78, 5) is 18.1. The van der Waals surface area contributed by atoms with E-state index in [9.17, 15) is 0 Å². The lowest BCUT2D eigenvalue weighted by Crippen LogP contribution is -2.34. The zero-order valence-electron chi connectivity index (χ0n) is 15.7. The SMILES string of the molecule is CCN(CC)CCCCC1CCN(c2ccnc3nccnc23)CC1. The van der Waals surface area contributed by atoms with Gasteiger partial charge in [-0.2, -0.15) is 0 Å². The van der Waals surface area contributed by atoms with Crippen LogP contribution in [0.4, 0.5) is 5.69 Å². The number of pyridine rings is 1. The first-order chi connectivity index (χ1) is 12.3. The first-order valence-corrected chi connectivity index (χ1v) is 9.84. The average Bonchev–Trinajstić information content (AvgIpc) is 2.68. The minimum Gasteiger partial charge on any atom is -0.370 e. The van der Waals surface area contributed by atoms with Crippen molar-refractivity contribution in [2.24, 2.45) is 5.92 Å². The van der Waals surface area contributed by atoms with Crippen LogP contribution in [-0.4, -0.2) is 52.6 Å². The van der Waals surface area contributed by atoms with Crippen molar-refractivity contribution < 1.29 is 0 Å². The van der Waals surface area contributed by atoms with E-state index in [0.29, 0.717) is 0 Å². The molecule has 0 aromatic carbocycles. The Morgan fingerprint density at radius 2 is 1.72 bits per heavy atom. The van der Waals surface area contributed by atoms with Gasteiger partial charge in [-0.15, -0.1) is 0 Å². The fourth-order valence-corrected chi connectivity index (χ4v) is 3.89. The highest BCUT2D eigenvalue weighted by Crippen LogP contribution is 2.29. The van der Waals surface area contributed by atoms with Gasteiger partial charge in [0, 0.05) is 31.7 Å². The van der Waals surface area contributed by atoms with Gasteiger partial charge in [0.1, 0.15) is 5.52 Å². The molecule has 3 rings (SSSR count). The van der Waals surface area contributed by atoms with E-state index < -0.39 is 0 Å². The van der Waals surface area contributed by atoms with Gasteiger partial charge in [0.25, 0.3) is 0 Å². The molecule has 0 aliphatic carbocycles. The van der Waals surface area contributed by atoms with Gasteiger partial charge in [-0.3, -0.25) is 0 Å². The minimum atomic E-state index is 0.749. The lowest BCUT2D eigenvalue weighted by molar-refractivity contribution is 0.286. The summed E-state index contributed by atoms with van der Waals surface area (Å²) in [5, 5.41) is 0. The summed E-state index contributed by atoms with van der Waals surface area (Å²) < 4.78 is 0. The molecule has 0 saturated carbocycles. The summed E-state index contributed by atoms with van der Waals surface area (Å²) in [7, 11) is 0. The molecule has 0 bridgehead atoms. The van der Waals surface area contributed by atoms with Crippen molar-refractivity contribution in [3.63, 3.8) is 0 Å². The van der Waals surface area contributed by atoms with Crippen LogP contribution in [0.5, 0.6) is 0 Å². The number of anilines is 1. The monoisotopic (exact) mass is 341 g/mol. The zero-order chi connectivity index (χ0) is 17.5. The Hall–Kier alpha value is -1.75. The minimum absolute atomic E-state index is 0.749. The molecule has 1 aliphatic heterocycles. The molecular formula is C20H31N5. The maximum atomic E-state index is 4.50. The Morgan fingerprint density at radius 3 is 2.48 bits per heavy atom. The fraction of sp³-hybridized carbons (Fsp3) is 0.650. The third-order valence-electron chi connectivity index (χ3n) is 5.54. The number of hydrogen-bond donors (Lipinski definition) is 0. The number of piperidine rings is 1. The molecule has 5 heteroatoms. The first kappa shape index (κ1) is 18.1. The van der Waals surface area contributed by atoms with Gasteiger partial charge >= 0.3 is 0 Å². The van der Waals surface area contributed by atoms with Gasteiger partial charge in [-0.05, 0) is 50.9 Å². The molecule has 1 fully saturated rings. The number of unbranched alkanes of at least 4 members (excludes halogenated alkanes) is 1. The summed E-state index contributed by atoms with van der Waals surface area (Å²) in [6.07, 6.45) is 12.0. The quantitative estimate of drug-likeness (QED) is 0.684. The Morgan fingerprint density at radius 1 is 1.00 bits per heavy atom. The lowest BCUT2D eigenvalue weighted by Gasteiger charge is -2.34. The second kappa shape index (κ2) is 9.09. The maximum Gasteiger partial charge on any atom is 0.180 e. The normalized spacial score (nSPS) is 16.0. The van der Waals surface area contributed by atoms with Crippen LogP contribution in [-0.2, 0) is 0 Å². The van der Waals surface area contributed by atoms with Gasteiger partial charge in [0.15, 0.2) is 5.65 Å². The summed E-state index contributed by atoms with van der Waals surface area (Å²) in [5.41, 5.74) is 2.87. The molecule has 0 spiro atoms. The molecule has 136 valence electrons. The van der Waals surface area contributed by atoms with Gasteiger partial charge in [0.05, 0.1) is 5.69 Å². The van der Waals surface area contributed by atoms with Crippen molar-refractivity contribution in [2.45, 2.75) is 46.0 Å². The van der Waals surface area contributed by atoms with E-state index in [-0.39, 0.29) is 0 Å². The Kier molecular flexibility index (Phi) is 6.56. The predicted molar refractivity (Wildman–Crippen MR) is 104 cm³/mol. The summed E-state index contributed by atoms with van der Waals surface area (Å²) in [6.45, 7) is 10.4. The first-order valence-electron chi connectivity index (χ1n) is 9.84. The highest BCUT2D eigenvalue weighted by Gasteiger charge is 2.21. The number of hydrogen-bond acceptors (Lipinski definition) is 5. The van der Waals surface area contributed by atoms with Crippen molar-refractivity contribution in [3.05, 3.63) is 24.7 Å². The molecule has 0 radical (unpaired) electrons. The Balaban J connectivity index is 1.47. The third kappa shape index (κ3) is 4.66. The lowest BCUT2D eigenvalue weighted by atomic mass is 9.91. The average molecular weight is 342 g/mol. The van der Waals surface area contributed by atoms with Crippen LogP contribution in [0.25, 0.3) is 11.2 Å². The summed E-state index contributed by atoms with van der Waals surface area (Å²) in [5.74, 6) is 0.882. The molecule has 2 aromatic heterocycles. The topological polar surface area (TPSA) is 45.2 Å². The van der Waals surface area contributed by atoms with Crippen molar-refractivity contribution in [2.75, 3.05) is 37.6 Å². The molecule has 0 amide bonds. The van der Waals surface area contributed by atoms with Crippen LogP contribution in [0.1, 0.15) is 46.0 Å². The number of fused-ring (bicyclic) bond motifs is 1. The van der Waals surface area contributed by atoms with Gasteiger partial charge in [0.2, 0.25) is 0 Å². The van der Waals surface area contributed by atoms with Crippen molar-refractivity contribution in [3.8, 4) is 0 Å². The molecule has 1 aliphatic rings. The number of nitrogens with zero attached hydrogens (tertiary/aromatic N) is 5. The Labute approximate surface area is 151 Å². The molecule has 25 heavy (non-hydrogen) atoms. The largest absolute Gasteiger partial charge is 0.370 e. The van der Waals surface area contributed by atoms with Crippen LogP contribution in [0.2, 0.25) is 0 Å². The maximum absolute atomic E-state index is 4.50. The van der Waals surface area contributed by atoms with Crippen LogP contribution < -0.4 is 4.90 Å². The van der Waals surface area contributed by atoms with E-state index in [1.54, 1.807) is 12.4 Å². The molecule has 5 nitrogen and oxygen atoms in total. The summed E-state index contributed by atoms with van der Waals surface area (Å²) >= 11 is 0. The van der Waals surface area contributed by atoms with Crippen molar-refractivity contribution >= 4 is 16.9 Å². The van der Waals surface area contributed by atoms with Crippen molar-refractivity contribution in [1.29, 1.82) is 0 Å². The second-order valence-electron chi connectivity index (χ2n) is 7.01. The highest BCUT2D eigenvalue weighted by atomic mass is 15.1. The van der Waals surface area contributed by atoms with E-state index >= 15 is 0 Å². The second-order valence-corrected chi connectivity index (χ2v) is 7.01. The predicted octanol–water partition coefficient (Wildman–Crippen LogP) is 3.75. The molecule has 3 heterocycles. The van der Waals surface area contributed by atoms with E-state index in [4.69, 9.17) is 0 Å². The molecular weight excluding hydrogens is 310 g/mol. The van der Waals surface area contributed by atoms with Crippen LogP contribution in [0.15, 0.2) is 24.7 Å². The van der Waals surface area contributed by atoms with E-state index in [2.05, 4.69) is 44.7 Å². The standard InChI is InChI=1S/C20H31N5/c1-3-24(4-2)14-6-5-7-17-9-15-25(16-10-17)18-8-11-22-20-19(18)21-12-13-23-20/h8,11-13,17H,3-7,9-10,14-16H2,1-2H3. The fourth-order valence-electron chi connectivity index (χ4n) is 3.89. The molecule has 2 aromatic rings. The smallest absolute Gasteiger partial charge is 0.180 e. The van der Waals surface area contributed by atoms with Gasteiger partial charge < -0.3 is 9.80 Å². The Bertz CT molecular complexity index is 642. The van der Waals surface area contributed by atoms with Crippen LogP contribution >= 0.6 is 0 Å². The van der Waals surface area contributed by atoms with Crippen LogP contribution in [0.3, 0.4) is 0 Å². The molecule has 0 unspecified atom stereocenters. The van der Waals surface area contributed by atoms with E-state index in [0.717, 1.165) is 30.2 Å². The molecule has 0 atom stereocenters. The van der Waals surface area contributed by atoms with Crippen LogP contribution in [0, 0.1) is 5.92 Å². The number of rotatable bonds is 8. The molecule has 1 saturated heterocycles. The number of aromatic nitrogens is 3. The van der Waals surface area contributed by atoms with Gasteiger partial charge in [-0.25, -0.2) is 15.0 Å². The van der Waals surface area contributed by atoms with E-state index in [1.165, 1.54) is 57.4 Å². The zero-order valence-corrected chi connectivity index (χ0v) is 15.7. The summed E-state index contributed by atoms with van der Waals surface area (Å²) in [6, 6.07) is 2.08. The third-order valence-corrected chi connectivity index (χ3v) is 5.54. The molecule has 0 N–H and O–H groups in total. The van der Waals surface area contributed by atoms with Crippen molar-refractivity contribution in [1.82, 2.24) is 19.9 Å². The van der Waals surface area contributed by atoms with Gasteiger partial charge in [-0.1, -0.05) is 26.7 Å². The highest BCUT2D eigenvalue weighted by molar-refractivity contribution is 5.84.